The van der Waals surface area contributed by atoms with Crippen LogP contribution in [0.15, 0.2) is 56.8 Å². The van der Waals surface area contributed by atoms with E-state index < -0.39 is 11.8 Å². The van der Waals surface area contributed by atoms with E-state index in [-0.39, 0.29) is 16.4 Å². The minimum absolute atomic E-state index is 0.162. The minimum atomic E-state index is -1.03. The van der Waals surface area contributed by atoms with Gasteiger partial charge in [-0.05, 0) is 36.4 Å². The number of thioether (sulfide) groups is 1. The summed E-state index contributed by atoms with van der Waals surface area (Å²) in [4.78, 5) is 23.5. The summed E-state index contributed by atoms with van der Waals surface area (Å²) in [5.74, 6) is -0.786. The van der Waals surface area contributed by atoms with Gasteiger partial charge in [-0.25, -0.2) is 9.18 Å². The van der Waals surface area contributed by atoms with E-state index in [9.17, 15) is 19.1 Å². The van der Waals surface area contributed by atoms with Gasteiger partial charge in [-0.15, -0.1) is 0 Å². The van der Waals surface area contributed by atoms with Crippen molar-refractivity contribution in [2.45, 2.75) is 18.4 Å². The standard InChI is InChI=1S/C20H18FNO4S/c1-2-27-18-11-17(23)15-10-13(21)9-12(19(15)26-18)7-8-22-16-6-4-3-5-14(16)20(24)25/h3-6,9-11,22H,2,7-8H2,1H3,(H,24,25). The summed E-state index contributed by atoms with van der Waals surface area (Å²) < 4.78 is 19.8. The molecule has 7 heteroatoms. The molecule has 5 nitrogen and oxygen atoms in total. The number of anilines is 1. The summed E-state index contributed by atoms with van der Waals surface area (Å²) in [5.41, 5.74) is 1.29. The number of fused-ring (bicyclic) bond motifs is 1. The smallest absolute Gasteiger partial charge is 0.337 e. The molecular weight excluding hydrogens is 369 g/mol. The Morgan fingerprint density at radius 2 is 2.04 bits per heavy atom. The van der Waals surface area contributed by atoms with E-state index in [0.717, 1.165) is 5.75 Å². The largest absolute Gasteiger partial charge is 0.478 e. The maximum atomic E-state index is 14.0. The number of carboxylic acids is 1. The number of hydrogen-bond donors (Lipinski definition) is 2. The Kier molecular flexibility index (Phi) is 5.81. The Morgan fingerprint density at radius 1 is 1.26 bits per heavy atom. The van der Waals surface area contributed by atoms with Crippen molar-refractivity contribution in [2.75, 3.05) is 17.6 Å². The molecule has 0 aliphatic heterocycles. The van der Waals surface area contributed by atoms with Gasteiger partial charge >= 0.3 is 5.97 Å². The maximum absolute atomic E-state index is 14.0. The number of carboxylic acid groups (broad SMARTS) is 1. The fraction of sp³-hybridized carbons (Fsp3) is 0.200. The predicted molar refractivity (Wildman–Crippen MR) is 104 cm³/mol. The number of aromatic carboxylic acids is 1. The molecule has 3 rings (SSSR count). The molecule has 0 bridgehead atoms. The van der Waals surface area contributed by atoms with Crippen LogP contribution < -0.4 is 10.7 Å². The molecule has 0 aliphatic carbocycles. The molecule has 2 aromatic carbocycles. The molecule has 0 aliphatic rings. The average molecular weight is 387 g/mol. The molecule has 1 aromatic heterocycles. The molecule has 0 saturated carbocycles. The third-order valence-electron chi connectivity index (χ3n) is 4.00. The van der Waals surface area contributed by atoms with Crippen LogP contribution in [0.5, 0.6) is 0 Å². The topological polar surface area (TPSA) is 79.5 Å². The monoisotopic (exact) mass is 387 g/mol. The molecule has 2 N–H and O–H groups in total. The van der Waals surface area contributed by atoms with Crippen molar-refractivity contribution >= 4 is 34.4 Å². The van der Waals surface area contributed by atoms with E-state index in [2.05, 4.69) is 5.32 Å². The zero-order valence-corrected chi connectivity index (χ0v) is 15.4. The Bertz CT molecular complexity index is 1050. The lowest BCUT2D eigenvalue weighted by atomic mass is 10.1. The van der Waals surface area contributed by atoms with E-state index in [1.54, 1.807) is 18.2 Å². The highest BCUT2D eigenvalue weighted by atomic mass is 32.2. The van der Waals surface area contributed by atoms with Crippen molar-refractivity contribution in [2.24, 2.45) is 0 Å². The quantitative estimate of drug-likeness (QED) is 0.585. The number of rotatable bonds is 7. The molecule has 0 fully saturated rings. The van der Waals surface area contributed by atoms with Crippen molar-refractivity contribution in [1.29, 1.82) is 0 Å². The van der Waals surface area contributed by atoms with Gasteiger partial charge in [0.25, 0.3) is 0 Å². The second-order valence-electron chi connectivity index (χ2n) is 5.83. The van der Waals surface area contributed by atoms with Crippen LogP contribution >= 0.6 is 11.8 Å². The highest BCUT2D eigenvalue weighted by Gasteiger charge is 2.13. The van der Waals surface area contributed by atoms with E-state index in [1.807, 2.05) is 6.92 Å². The van der Waals surface area contributed by atoms with Gasteiger partial charge in [0.15, 0.2) is 10.5 Å². The molecule has 0 unspecified atom stereocenters. The molecule has 0 atom stereocenters. The average Bonchev–Trinajstić information content (AvgIpc) is 2.63. The first kappa shape index (κ1) is 19.0. The molecule has 140 valence electrons. The number of carbonyl (C=O) groups is 1. The maximum Gasteiger partial charge on any atom is 0.337 e. The zero-order valence-electron chi connectivity index (χ0n) is 14.6. The molecular formula is C20H18FNO4S. The van der Waals surface area contributed by atoms with Crippen LogP contribution in [0.25, 0.3) is 11.0 Å². The highest BCUT2D eigenvalue weighted by molar-refractivity contribution is 7.99. The lowest BCUT2D eigenvalue weighted by Gasteiger charge is -2.11. The summed E-state index contributed by atoms with van der Waals surface area (Å²) in [7, 11) is 0. The van der Waals surface area contributed by atoms with Crippen molar-refractivity contribution in [1.82, 2.24) is 0 Å². The fourth-order valence-electron chi connectivity index (χ4n) is 2.82. The Balaban J connectivity index is 1.88. The number of para-hydroxylation sites is 1. The van der Waals surface area contributed by atoms with Crippen molar-refractivity contribution in [3.63, 3.8) is 0 Å². The summed E-state index contributed by atoms with van der Waals surface area (Å²) in [6.45, 7) is 2.31. The molecule has 1 heterocycles. The number of nitrogens with one attached hydrogen (secondary N) is 1. The first-order valence-corrected chi connectivity index (χ1v) is 9.43. The molecule has 0 amide bonds. The van der Waals surface area contributed by atoms with Crippen LogP contribution in [0, 0.1) is 5.82 Å². The minimum Gasteiger partial charge on any atom is -0.478 e. The number of halogens is 1. The van der Waals surface area contributed by atoms with E-state index in [4.69, 9.17) is 4.42 Å². The van der Waals surface area contributed by atoms with Gasteiger partial charge in [0.1, 0.15) is 11.4 Å². The van der Waals surface area contributed by atoms with Crippen LogP contribution in [-0.4, -0.2) is 23.4 Å². The molecule has 0 radical (unpaired) electrons. The van der Waals surface area contributed by atoms with Crippen molar-refractivity contribution in [3.8, 4) is 0 Å². The van der Waals surface area contributed by atoms with Crippen LogP contribution in [0.2, 0.25) is 0 Å². The first-order chi connectivity index (χ1) is 13.0. The molecule has 27 heavy (non-hydrogen) atoms. The number of benzene rings is 2. The molecule has 3 aromatic rings. The van der Waals surface area contributed by atoms with E-state index in [0.29, 0.717) is 34.9 Å². The zero-order chi connectivity index (χ0) is 19.4. The third-order valence-corrected chi connectivity index (χ3v) is 4.78. The normalized spacial score (nSPS) is 10.9. The van der Waals surface area contributed by atoms with Gasteiger partial charge in [0.05, 0.1) is 10.9 Å². The Hall–Kier alpha value is -2.80. The van der Waals surface area contributed by atoms with Gasteiger partial charge < -0.3 is 14.8 Å². The van der Waals surface area contributed by atoms with Gasteiger partial charge in [-0.1, -0.05) is 30.8 Å². The molecule has 0 saturated heterocycles. The second kappa shape index (κ2) is 8.26. The second-order valence-corrected chi connectivity index (χ2v) is 7.10. The Labute approximate surface area is 159 Å². The summed E-state index contributed by atoms with van der Waals surface area (Å²) in [5, 5.41) is 13.0. The highest BCUT2D eigenvalue weighted by Crippen LogP contribution is 2.25. The number of hydrogen-bond acceptors (Lipinski definition) is 5. The SMILES string of the molecule is CCSc1cc(=O)c2cc(F)cc(CCNc3ccccc3C(=O)O)c2o1. The lowest BCUT2D eigenvalue weighted by Crippen LogP contribution is -2.10. The first-order valence-electron chi connectivity index (χ1n) is 8.45. The van der Waals surface area contributed by atoms with Gasteiger partial charge in [-0.2, -0.15) is 0 Å². The van der Waals surface area contributed by atoms with Crippen molar-refractivity contribution < 1.29 is 18.7 Å². The Morgan fingerprint density at radius 3 is 2.78 bits per heavy atom. The van der Waals surface area contributed by atoms with Gasteiger partial charge in [0.2, 0.25) is 0 Å². The summed E-state index contributed by atoms with van der Waals surface area (Å²) >= 11 is 1.40. The molecule has 0 spiro atoms. The van der Waals surface area contributed by atoms with Crippen LogP contribution in [-0.2, 0) is 6.42 Å². The lowest BCUT2D eigenvalue weighted by molar-refractivity contribution is 0.0698. The third kappa shape index (κ3) is 4.31. The van der Waals surface area contributed by atoms with E-state index in [1.165, 1.54) is 36.0 Å². The van der Waals surface area contributed by atoms with Gasteiger partial charge in [-0.3, -0.25) is 4.79 Å². The van der Waals surface area contributed by atoms with Crippen LogP contribution in [0.1, 0.15) is 22.8 Å². The fourth-order valence-corrected chi connectivity index (χ4v) is 3.44. The summed E-state index contributed by atoms with van der Waals surface area (Å²) in [6.07, 6.45) is 0.366. The van der Waals surface area contributed by atoms with Crippen LogP contribution in [0.4, 0.5) is 10.1 Å². The van der Waals surface area contributed by atoms with Gasteiger partial charge in [0, 0.05) is 23.9 Å². The van der Waals surface area contributed by atoms with Crippen LogP contribution in [0.3, 0.4) is 0 Å². The summed E-state index contributed by atoms with van der Waals surface area (Å²) in [6, 6.07) is 10.5. The van der Waals surface area contributed by atoms with Crippen molar-refractivity contribution in [3.05, 3.63) is 69.6 Å². The predicted octanol–water partition coefficient (Wildman–Crippen LogP) is 4.40. The van der Waals surface area contributed by atoms with E-state index >= 15 is 0 Å².